The second-order valence-electron chi connectivity index (χ2n) is 12.5. The zero-order chi connectivity index (χ0) is 35.0. The van der Waals surface area contributed by atoms with Crippen LogP contribution in [0.1, 0.15) is 56.9 Å². The smallest absolute Gasteiger partial charge is 0.254 e. The summed E-state index contributed by atoms with van der Waals surface area (Å²) in [6.45, 7) is 6.23. The van der Waals surface area contributed by atoms with Gasteiger partial charge in [0.15, 0.2) is 6.10 Å². The van der Waals surface area contributed by atoms with Crippen molar-refractivity contribution in [3.63, 3.8) is 0 Å². The molecule has 10 nitrogen and oxygen atoms in total. The van der Waals surface area contributed by atoms with Gasteiger partial charge in [-0.1, -0.05) is 72.8 Å². The third-order valence-electron chi connectivity index (χ3n) is 8.61. The summed E-state index contributed by atoms with van der Waals surface area (Å²) < 4.78 is -0.634. The summed E-state index contributed by atoms with van der Waals surface area (Å²) in [7, 11) is 0. The summed E-state index contributed by atoms with van der Waals surface area (Å²) >= 11 is 1.45. The molecule has 254 valence electrons. The van der Waals surface area contributed by atoms with E-state index in [9.17, 15) is 24.3 Å². The van der Waals surface area contributed by atoms with E-state index < -0.39 is 40.7 Å². The molecule has 4 aromatic rings. The van der Waals surface area contributed by atoms with Gasteiger partial charge in [0.05, 0.1) is 35.3 Å². The second-order valence-corrected chi connectivity index (χ2v) is 14.1. The number of pyridine rings is 1. The Kier molecular flexibility index (Phi) is 11.5. The topological polar surface area (TPSA) is 141 Å². The van der Waals surface area contributed by atoms with Crippen LogP contribution in [-0.2, 0) is 29.1 Å². The molecule has 1 aliphatic rings. The number of carbonyl (C=O) groups excluding carboxylic acids is 4. The van der Waals surface area contributed by atoms with Crippen LogP contribution in [0.3, 0.4) is 0 Å². The summed E-state index contributed by atoms with van der Waals surface area (Å²) in [4.78, 5) is 60.3. The summed E-state index contributed by atoms with van der Waals surface area (Å²) in [5.41, 5.74) is 3.67. The number of aliphatic hydroxyl groups excluding tert-OH is 1. The summed E-state index contributed by atoms with van der Waals surface area (Å²) in [5.74, 6) is -1.90. The van der Waals surface area contributed by atoms with Crippen molar-refractivity contribution in [2.45, 2.75) is 63.2 Å². The van der Waals surface area contributed by atoms with Crippen molar-refractivity contribution in [3.05, 3.63) is 137 Å². The first-order valence-electron chi connectivity index (χ1n) is 16.1. The van der Waals surface area contributed by atoms with E-state index in [4.69, 9.17) is 0 Å². The number of rotatable bonds is 12. The quantitative estimate of drug-likeness (QED) is 0.177. The number of aliphatic hydroxyl groups is 1. The number of nitrogens with zero attached hydrogens (tertiary/aromatic N) is 2. The molecule has 4 N–H and O–H groups in total. The number of aromatic nitrogens is 1. The molecule has 1 saturated heterocycles. The molecule has 0 radical (unpaired) electrons. The van der Waals surface area contributed by atoms with E-state index in [1.54, 1.807) is 36.5 Å². The number of carbonyl (C=O) groups is 4. The molecule has 1 fully saturated rings. The van der Waals surface area contributed by atoms with Crippen molar-refractivity contribution in [2.24, 2.45) is 0 Å². The Morgan fingerprint density at radius 1 is 0.857 bits per heavy atom. The molecule has 2 heterocycles. The number of nitrogens with one attached hydrogen (secondary N) is 3. The van der Waals surface area contributed by atoms with Crippen molar-refractivity contribution in [3.8, 4) is 0 Å². The molecule has 3 aromatic carbocycles. The lowest BCUT2D eigenvalue weighted by Crippen LogP contribution is -2.58. The Morgan fingerprint density at radius 3 is 2.20 bits per heavy atom. The van der Waals surface area contributed by atoms with Crippen molar-refractivity contribution in [1.82, 2.24) is 25.8 Å². The Balaban J connectivity index is 1.35. The molecule has 1 aromatic heterocycles. The van der Waals surface area contributed by atoms with Gasteiger partial charge in [0.2, 0.25) is 5.91 Å². The highest BCUT2D eigenvalue weighted by atomic mass is 32.2. The SMILES string of the molecule is Cc1ccccc1CNC(=O)[C@H]1N(C(=O)[C@@H](O)[C@H](Cc2ccccc2)NC(=O)c2ccccc2C(=O)NCc2ccccn2)CSC1(C)C. The maximum atomic E-state index is 14.1. The molecule has 0 saturated carbocycles. The van der Waals surface area contributed by atoms with Crippen molar-refractivity contribution in [2.75, 3.05) is 5.88 Å². The average Bonchev–Trinajstić information content (AvgIpc) is 3.44. The largest absolute Gasteiger partial charge is 0.381 e. The summed E-state index contributed by atoms with van der Waals surface area (Å²) in [6.07, 6.45) is 0.0716. The fraction of sp³-hybridized carbons (Fsp3) is 0.289. The number of benzene rings is 3. The number of thioether (sulfide) groups is 1. The molecular formula is C38H41N5O5S. The lowest BCUT2D eigenvalue weighted by molar-refractivity contribution is -0.147. The minimum Gasteiger partial charge on any atom is -0.381 e. The number of amides is 4. The summed E-state index contributed by atoms with van der Waals surface area (Å²) in [5, 5.41) is 20.3. The fourth-order valence-corrected chi connectivity index (χ4v) is 6.99. The van der Waals surface area contributed by atoms with E-state index in [1.165, 1.54) is 22.7 Å². The monoisotopic (exact) mass is 679 g/mol. The number of hydrogen-bond acceptors (Lipinski definition) is 7. The first kappa shape index (κ1) is 35.3. The van der Waals surface area contributed by atoms with E-state index in [0.29, 0.717) is 12.2 Å². The van der Waals surface area contributed by atoms with Crippen molar-refractivity contribution < 1.29 is 24.3 Å². The minimum atomic E-state index is -1.68. The zero-order valence-electron chi connectivity index (χ0n) is 27.8. The Morgan fingerprint density at radius 2 is 1.51 bits per heavy atom. The van der Waals surface area contributed by atoms with Crippen LogP contribution in [0.15, 0.2) is 103 Å². The average molecular weight is 680 g/mol. The van der Waals surface area contributed by atoms with Crippen LogP contribution in [0.25, 0.3) is 0 Å². The standard InChI is InChI=1S/C38H41N5O5S/c1-25-13-7-8-16-27(25)22-40-36(47)33-38(2,3)49-24-43(33)37(48)32(44)31(21-26-14-5-4-6-15-26)42-35(46)30-19-10-9-18-29(30)34(45)41-23-28-17-11-12-20-39-28/h4-20,31-33,44H,21-24H2,1-3H3,(H,40,47)(H,41,45)(H,42,46)/t31-,32-,33+/m0/s1. The third kappa shape index (κ3) is 8.73. The fourth-order valence-electron chi connectivity index (χ4n) is 5.85. The van der Waals surface area contributed by atoms with E-state index in [0.717, 1.165) is 16.7 Å². The van der Waals surface area contributed by atoms with Crippen LogP contribution >= 0.6 is 11.8 Å². The van der Waals surface area contributed by atoms with E-state index >= 15 is 0 Å². The lowest BCUT2D eigenvalue weighted by atomic mass is 9.96. The maximum Gasteiger partial charge on any atom is 0.254 e. The highest BCUT2D eigenvalue weighted by Crippen LogP contribution is 2.40. The van der Waals surface area contributed by atoms with Gasteiger partial charge >= 0.3 is 0 Å². The minimum absolute atomic E-state index is 0.0880. The predicted molar refractivity (Wildman–Crippen MR) is 189 cm³/mol. The molecule has 0 spiro atoms. The van der Waals surface area contributed by atoms with Crippen LogP contribution in [0, 0.1) is 6.92 Å². The molecule has 11 heteroatoms. The van der Waals surface area contributed by atoms with Gasteiger partial charge < -0.3 is 26.0 Å². The molecule has 1 aliphatic heterocycles. The highest BCUT2D eigenvalue weighted by molar-refractivity contribution is 8.00. The Hall–Kier alpha value is -5.00. The van der Waals surface area contributed by atoms with Crippen LogP contribution in [0.2, 0.25) is 0 Å². The van der Waals surface area contributed by atoms with E-state index in [-0.39, 0.29) is 35.9 Å². The van der Waals surface area contributed by atoms with Gasteiger partial charge in [-0.05, 0) is 68.1 Å². The van der Waals surface area contributed by atoms with Gasteiger partial charge in [-0.3, -0.25) is 24.2 Å². The molecule has 4 amide bonds. The third-order valence-corrected chi connectivity index (χ3v) is 9.99. The summed E-state index contributed by atoms with van der Waals surface area (Å²) in [6, 6.07) is 26.7. The van der Waals surface area contributed by atoms with Crippen molar-refractivity contribution >= 4 is 35.4 Å². The van der Waals surface area contributed by atoms with Gasteiger partial charge in [-0.25, -0.2) is 0 Å². The lowest BCUT2D eigenvalue weighted by Gasteiger charge is -2.33. The molecule has 49 heavy (non-hydrogen) atoms. The van der Waals surface area contributed by atoms with Crippen LogP contribution in [0.5, 0.6) is 0 Å². The second kappa shape index (κ2) is 15.9. The molecule has 3 atom stereocenters. The Bertz CT molecular complexity index is 1790. The van der Waals surface area contributed by atoms with E-state index in [1.807, 2.05) is 81.4 Å². The van der Waals surface area contributed by atoms with Gasteiger partial charge in [-0.15, -0.1) is 11.8 Å². The molecular weight excluding hydrogens is 639 g/mol. The molecule has 0 aliphatic carbocycles. The van der Waals surface area contributed by atoms with Gasteiger partial charge in [0, 0.05) is 17.5 Å². The van der Waals surface area contributed by atoms with Crippen LogP contribution in [0.4, 0.5) is 0 Å². The predicted octanol–water partition coefficient (Wildman–Crippen LogP) is 4.02. The highest BCUT2D eigenvalue weighted by Gasteiger charge is 2.49. The van der Waals surface area contributed by atoms with Crippen molar-refractivity contribution in [1.29, 1.82) is 0 Å². The van der Waals surface area contributed by atoms with Gasteiger partial charge in [0.25, 0.3) is 17.7 Å². The molecule has 0 unspecified atom stereocenters. The van der Waals surface area contributed by atoms with Gasteiger partial charge in [-0.2, -0.15) is 0 Å². The molecule has 5 rings (SSSR count). The van der Waals surface area contributed by atoms with E-state index in [2.05, 4.69) is 20.9 Å². The molecule has 0 bridgehead atoms. The van der Waals surface area contributed by atoms with Crippen LogP contribution < -0.4 is 16.0 Å². The first-order chi connectivity index (χ1) is 23.5. The number of aryl methyl sites for hydroxylation is 1. The zero-order valence-corrected chi connectivity index (χ0v) is 28.6. The van der Waals surface area contributed by atoms with Crippen LogP contribution in [-0.4, -0.2) is 67.4 Å². The van der Waals surface area contributed by atoms with Gasteiger partial charge in [0.1, 0.15) is 6.04 Å². The normalized spacial score (nSPS) is 16.3. The maximum absolute atomic E-state index is 14.1. The number of hydrogen-bond donors (Lipinski definition) is 4. The Labute approximate surface area is 290 Å². The first-order valence-corrected chi connectivity index (χ1v) is 17.1.